The largest absolute Gasteiger partial charge is 0.481 e. The molecule has 2 aliphatic carbocycles. The minimum absolute atomic E-state index is 0.174. The third kappa shape index (κ3) is 0.662. The Bertz CT molecular complexity index is 178. The Kier molecular flexibility index (Phi) is 1.05. The second-order valence-corrected chi connectivity index (χ2v) is 3.28. The summed E-state index contributed by atoms with van der Waals surface area (Å²) in [5.74, 6) is -1.05. The second-order valence-electron chi connectivity index (χ2n) is 3.28. The lowest BCUT2D eigenvalue weighted by molar-refractivity contribution is -0.144. The Balaban J connectivity index is 2.12. The number of carbonyl (C=O) groups is 1. The average Bonchev–Trinajstić information content (AvgIpc) is 2.42. The molecule has 4 atom stereocenters. The van der Waals surface area contributed by atoms with Crippen LogP contribution in [-0.4, -0.2) is 17.2 Å². The lowest BCUT2D eigenvalue weighted by Gasteiger charge is -2.08. The minimum Gasteiger partial charge on any atom is -0.481 e. The van der Waals surface area contributed by atoms with E-state index < -0.39 is 18.1 Å². The molecule has 0 bridgehead atoms. The van der Waals surface area contributed by atoms with Crippen molar-refractivity contribution >= 4 is 5.97 Å². The fraction of sp³-hybridized carbons (Fsp3) is 0.857. The summed E-state index contributed by atoms with van der Waals surface area (Å²) in [6.07, 6.45) is 0.361. The van der Waals surface area contributed by atoms with Crippen molar-refractivity contribution in [3.05, 3.63) is 0 Å². The lowest BCUT2D eigenvalue weighted by atomic mass is 10.0. The topological polar surface area (TPSA) is 37.3 Å². The highest BCUT2D eigenvalue weighted by Gasteiger charge is 2.56. The molecule has 0 aliphatic heterocycles. The Morgan fingerprint density at radius 3 is 2.50 bits per heavy atom. The molecule has 0 radical (unpaired) electrons. The molecule has 0 aromatic carbocycles. The molecule has 56 valence electrons. The van der Waals surface area contributed by atoms with Crippen molar-refractivity contribution < 1.29 is 14.3 Å². The van der Waals surface area contributed by atoms with Gasteiger partial charge in [-0.1, -0.05) is 0 Å². The smallest absolute Gasteiger partial charge is 0.309 e. The van der Waals surface area contributed by atoms with Gasteiger partial charge in [0.05, 0.1) is 5.92 Å². The summed E-state index contributed by atoms with van der Waals surface area (Å²) < 4.78 is 12.7. The van der Waals surface area contributed by atoms with Crippen molar-refractivity contribution in [2.45, 2.75) is 19.0 Å². The number of fused-ring (bicyclic) bond motifs is 1. The van der Waals surface area contributed by atoms with Gasteiger partial charge in [0.2, 0.25) is 0 Å². The normalized spacial score (nSPS) is 50.5. The van der Waals surface area contributed by atoms with Gasteiger partial charge < -0.3 is 5.11 Å². The van der Waals surface area contributed by atoms with Crippen LogP contribution in [-0.2, 0) is 4.79 Å². The van der Waals surface area contributed by atoms with E-state index in [0.29, 0.717) is 12.3 Å². The van der Waals surface area contributed by atoms with Gasteiger partial charge >= 0.3 is 5.97 Å². The van der Waals surface area contributed by atoms with E-state index in [9.17, 15) is 9.18 Å². The lowest BCUT2D eigenvalue weighted by Crippen LogP contribution is -2.22. The number of hydrogen-bond acceptors (Lipinski definition) is 1. The maximum atomic E-state index is 12.7. The molecule has 2 aliphatic rings. The van der Waals surface area contributed by atoms with Crippen molar-refractivity contribution in [2.24, 2.45) is 17.8 Å². The van der Waals surface area contributed by atoms with Gasteiger partial charge in [-0.15, -0.1) is 0 Å². The van der Waals surface area contributed by atoms with Gasteiger partial charge in [-0.05, 0) is 24.7 Å². The van der Waals surface area contributed by atoms with E-state index in [0.717, 1.165) is 6.42 Å². The van der Waals surface area contributed by atoms with Crippen LogP contribution in [0.3, 0.4) is 0 Å². The molecular formula is C7H9FO2. The average molecular weight is 144 g/mol. The standard InChI is InChI=1S/C7H9FO2/c8-5-2-3-1-4(3)6(5)7(9)10/h3-6H,1-2H2,(H,9,10). The highest BCUT2D eigenvalue weighted by atomic mass is 19.1. The first-order valence-corrected chi connectivity index (χ1v) is 3.57. The number of rotatable bonds is 1. The molecule has 1 N–H and O–H groups in total. The Morgan fingerprint density at radius 1 is 1.50 bits per heavy atom. The van der Waals surface area contributed by atoms with E-state index in [1.54, 1.807) is 0 Å². The summed E-state index contributed by atoms with van der Waals surface area (Å²) in [6.45, 7) is 0. The summed E-state index contributed by atoms with van der Waals surface area (Å²) in [5, 5.41) is 8.54. The van der Waals surface area contributed by atoms with Gasteiger partial charge in [0.25, 0.3) is 0 Å². The summed E-state index contributed by atoms with van der Waals surface area (Å²) in [4.78, 5) is 10.4. The number of hydrogen-bond donors (Lipinski definition) is 1. The van der Waals surface area contributed by atoms with Crippen LogP contribution in [0.2, 0.25) is 0 Å². The van der Waals surface area contributed by atoms with Crippen molar-refractivity contribution in [1.29, 1.82) is 0 Å². The number of carboxylic acids is 1. The van der Waals surface area contributed by atoms with Gasteiger partial charge in [0.15, 0.2) is 0 Å². The Hall–Kier alpha value is -0.600. The number of alkyl halides is 1. The molecule has 0 heterocycles. The zero-order valence-electron chi connectivity index (χ0n) is 5.46. The van der Waals surface area contributed by atoms with Crippen molar-refractivity contribution in [1.82, 2.24) is 0 Å². The molecule has 0 aromatic rings. The predicted octanol–water partition coefficient (Wildman–Crippen LogP) is 1.07. The highest BCUT2D eigenvalue weighted by Crippen LogP contribution is 2.56. The van der Waals surface area contributed by atoms with Crippen LogP contribution in [0.15, 0.2) is 0 Å². The molecular weight excluding hydrogens is 135 g/mol. The van der Waals surface area contributed by atoms with Crippen molar-refractivity contribution in [3.63, 3.8) is 0 Å². The maximum Gasteiger partial charge on any atom is 0.309 e. The number of carboxylic acid groups (broad SMARTS) is 1. The predicted molar refractivity (Wildman–Crippen MR) is 32.2 cm³/mol. The molecule has 2 rings (SSSR count). The zero-order chi connectivity index (χ0) is 7.30. The van der Waals surface area contributed by atoms with E-state index >= 15 is 0 Å². The number of halogens is 1. The zero-order valence-corrected chi connectivity index (χ0v) is 5.46. The van der Waals surface area contributed by atoms with E-state index in [1.807, 2.05) is 0 Å². The molecule has 2 fully saturated rings. The van der Waals surface area contributed by atoms with Crippen molar-refractivity contribution in [3.8, 4) is 0 Å². The van der Waals surface area contributed by atoms with Crippen LogP contribution in [0.5, 0.6) is 0 Å². The van der Waals surface area contributed by atoms with Crippen LogP contribution in [0.25, 0.3) is 0 Å². The van der Waals surface area contributed by atoms with Gasteiger partial charge in [-0.25, -0.2) is 4.39 Å². The van der Waals surface area contributed by atoms with Crippen LogP contribution in [0, 0.1) is 17.8 Å². The van der Waals surface area contributed by atoms with E-state index in [4.69, 9.17) is 5.11 Å². The summed E-state index contributed by atoms with van der Waals surface area (Å²) >= 11 is 0. The molecule has 0 saturated heterocycles. The molecule has 2 saturated carbocycles. The minimum atomic E-state index is -1.07. The van der Waals surface area contributed by atoms with E-state index in [1.165, 1.54) is 0 Å². The molecule has 0 amide bonds. The first kappa shape index (κ1) is 6.13. The molecule has 10 heavy (non-hydrogen) atoms. The summed E-state index contributed by atoms with van der Waals surface area (Å²) in [5.41, 5.74) is 0. The van der Waals surface area contributed by atoms with E-state index in [2.05, 4.69) is 0 Å². The van der Waals surface area contributed by atoms with Crippen LogP contribution in [0.4, 0.5) is 4.39 Å². The monoisotopic (exact) mass is 144 g/mol. The van der Waals surface area contributed by atoms with Crippen LogP contribution < -0.4 is 0 Å². The summed E-state index contributed by atoms with van der Waals surface area (Å²) in [6, 6.07) is 0. The second kappa shape index (κ2) is 1.71. The number of aliphatic carboxylic acids is 1. The van der Waals surface area contributed by atoms with Crippen molar-refractivity contribution in [2.75, 3.05) is 0 Å². The first-order chi connectivity index (χ1) is 4.70. The molecule has 0 spiro atoms. The molecule has 4 unspecified atom stereocenters. The molecule has 2 nitrogen and oxygen atoms in total. The first-order valence-electron chi connectivity index (χ1n) is 3.57. The fourth-order valence-electron chi connectivity index (χ4n) is 2.02. The van der Waals surface area contributed by atoms with Gasteiger partial charge in [0.1, 0.15) is 6.17 Å². The summed E-state index contributed by atoms with van der Waals surface area (Å²) in [7, 11) is 0. The molecule has 3 heteroatoms. The maximum absolute atomic E-state index is 12.7. The fourth-order valence-corrected chi connectivity index (χ4v) is 2.02. The van der Waals surface area contributed by atoms with E-state index in [-0.39, 0.29) is 5.92 Å². The SMILES string of the molecule is O=C(O)C1C(F)CC2CC21. The van der Waals surface area contributed by atoms with Gasteiger partial charge in [-0.3, -0.25) is 4.79 Å². The van der Waals surface area contributed by atoms with Crippen LogP contribution in [0.1, 0.15) is 12.8 Å². The Morgan fingerprint density at radius 2 is 2.20 bits per heavy atom. The quantitative estimate of drug-likeness (QED) is 0.597. The molecule has 0 aromatic heterocycles. The van der Waals surface area contributed by atoms with Crippen LogP contribution >= 0.6 is 0 Å². The highest BCUT2D eigenvalue weighted by molar-refractivity contribution is 5.72. The third-order valence-electron chi connectivity index (χ3n) is 2.64. The third-order valence-corrected chi connectivity index (χ3v) is 2.64. The van der Waals surface area contributed by atoms with Gasteiger partial charge in [-0.2, -0.15) is 0 Å². The Labute approximate surface area is 58.0 Å². The van der Waals surface area contributed by atoms with Gasteiger partial charge in [0, 0.05) is 0 Å².